The highest BCUT2D eigenvalue weighted by molar-refractivity contribution is 6.04. The minimum Gasteiger partial charge on any atom is -0.310 e. The molecule has 0 saturated heterocycles. The van der Waals surface area contributed by atoms with Crippen LogP contribution in [-0.2, 0) is 16.2 Å². The fraction of sp³-hybridized carbons (Fsp3) is 0.253. The predicted octanol–water partition coefficient (Wildman–Crippen LogP) is 20.9. The van der Waals surface area contributed by atoms with Crippen molar-refractivity contribution < 1.29 is 0 Å². The molecule has 0 heterocycles. The Morgan fingerprint density at radius 3 is 1.27 bits per heavy atom. The molecule has 2 heteroatoms. The first-order chi connectivity index (χ1) is 36.6. The Hall–Kier alpha value is -7.68. The van der Waals surface area contributed by atoms with Crippen LogP contribution in [0.3, 0.4) is 0 Å². The number of nitrogens with zero attached hydrogens (tertiary/aromatic N) is 2. The lowest BCUT2D eigenvalue weighted by Crippen LogP contribution is -2.25. The van der Waals surface area contributed by atoms with Crippen LogP contribution in [0.5, 0.6) is 0 Å². The number of hydrogen-bond donors (Lipinski definition) is 0. The second-order valence-corrected chi connectivity index (χ2v) is 25.2. The molecular formula is C75H72N2. The Morgan fingerprint density at radius 1 is 0.286 bits per heavy atom. The van der Waals surface area contributed by atoms with Crippen LogP contribution in [0.15, 0.2) is 146 Å². The van der Waals surface area contributed by atoms with Crippen LogP contribution in [-0.4, -0.2) is 0 Å². The molecule has 0 spiro atoms. The molecule has 13 rings (SSSR count). The Morgan fingerprint density at radius 2 is 0.753 bits per heavy atom. The molecule has 0 saturated carbocycles. The van der Waals surface area contributed by atoms with E-state index >= 15 is 0 Å². The van der Waals surface area contributed by atoms with Crippen molar-refractivity contribution in [2.75, 3.05) is 9.80 Å². The van der Waals surface area contributed by atoms with E-state index in [9.17, 15) is 0 Å². The summed E-state index contributed by atoms with van der Waals surface area (Å²) in [5.74, 6) is 0. The quantitative estimate of drug-likeness (QED) is 0.164. The minimum absolute atomic E-state index is 0.201. The smallest absolute Gasteiger partial charge is 0.0491 e. The van der Waals surface area contributed by atoms with E-state index in [1.807, 2.05) is 0 Å². The summed E-state index contributed by atoms with van der Waals surface area (Å²) >= 11 is 0. The molecule has 382 valence electrons. The van der Waals surface area contributed by atoms with E-state index in [1.165, 1.54) is 178 Å². The number of fused-ring (bicyclic) bond motifs is 13. The van der Waals surface area contributed by atoms with Gasteiger partial charge in [0, 0.05) is 50.4 Å². The molecule has 0 radical (unpaired) electrons. The first-order valence-electron chi connectivity index (χ1n) is 28.0. The summed E-state index contributed by atoms with van der Waals surface area (Å²) in [6.45, 7) is 37.5. The van der Waals surface area contributed by atoms with Crippen LogP contribution < -0.4 is 9.80 Å². The molecule has 3 aliphatic rings. The lowest BCUT2D eigenvalue weighted by Gasteiger charge is -2.32. The molecule has 0 aromatic heterocycles. The van der Waals surface area contributed by atoms with Gasteiger partial charge < -0.3 is 9.80 Å². The van der Waals surface area contributed by atoms with Crippen LogP contribution in [0.25, 0.3) is 54.9 Å². The van der Waals surface area contributed by atoms with Gasteiger partial charge in [-0.2, -0.15) is 0 Å². The maximum Gasteiger partial charge on any atom is 0.0491 e. The largest absolute Gasteiger partial charge is 0.310 e. The molecular weight excluding hydrogens is 929 g/mol. The lowest BCUT2D eigenvalue weighted by atomic mass is 9.70. The van der Waals surface area contributed by atoms with Gasteiger partial charge in [-0.25, -0.2) is 0 Å². The summed E-state index contributed by atoms with van der Waals surface area (Å²) in [7, 11) is 0. The van der Waals surface area contributed by atoms with Crippen LogP contribution in [0, 0.1) is 69.2 Å². The van der Waals surface area contributed by atoms with Gasteiger partial charge in [0.05, 0.1) is 0 Å². The van der Waals surface area contributed by atoms with Crippen molar-refractivity contribution in [3.8, 4) is 33.4 Å². The van der Waals surface area contributed by atoms with Crippen molar-refractivity contribution in [2.24, 2.45) is 0 Å². The average molecular weight is 1000 g/mol. The van der Waals surface area contributed by atoms with Gasteiger partial charge in [0.2, 0.25) is 0 Å². The number of aryl methyl sites for hydroxylation is 9. The molecule has 77 heavy (non-hydrogen) atoms. The molecule has 0 bridgehead atoms. The van der Waals surface area contributed by atoms with Gasteiger partial charge in [-0.05, 0) is 258 Å². The van der Waals surface area contributed by atoms with Crippen LogP contribution in [0.2, 0.25) is 0 Å². The second kappa shape index (κ2) is 16.7. The number of hydrogen-bond acceptors (Lipinski definition) is 2. The highest BCUT2D eigenvalue weighted by atomic mass is 15.2. The summed E-state index contributed by atoms with van der Waals surface area (Å²) in [4.78, 5) is 4.94. The van der Waals surface area contributed by atoms with Gasteiger partial charge in [-0.3, -0.25) is 0 Å². The van der Waals surface area contributed by atoms with E-state index in [2.05, 4.69) is 266 Å². The van der Waals surface area contributed by atoms with E-state index in [1.54, 1.807) is 0 Å². The van der Waals surface area contributed by atoms with Crippen LogP contribution in [0.1, 0.15) is 131 Å². The molecule has 0 aliphatic heterocycles. The maximum atomic E-state index is 2.62. The Bertz CT molecular complexity index is 4140. The third-order valence-electron chi connectivity index (χ3n) is 18.6. The summed E-state index contributed by atoms with van der Waals surface area (Å²) in [5, 5.41) is 5.16. The molecule has 10 aromatic rings. The zero-order valence-corrected chi connectivity index (χ0v) is 48.3. The summed E-state index contributed by atoms with van der Waals surface area (Å²) in [5.41, 5.74) is 36.7. The second-order valence-electron chi connectivity index (χ2n) is 25.2. The molecule has 3 aliphatic carbocycles. The standard InChI is InChI=1S/C75H72N2/c1-41-17-27-63(45(5)31-41)76(64-28-18-42(2)32-46(64)6)54-23-21-51-38-60-61(39-53(51)37-54)73(11,12)62-40-59-58-35-49(9)67-57-25-22-52-36-55(77(65-29-19-43(3)33-47(65)7)66-30-20-44(4)34-48(66)8)24-26-56(52)70(57)75(15,16)72(67)71(58)74(13,14)69(59)50(10)68(60)62/h17-40H,1-16H3. The maximum absolute atomic E-state index is 2.62. The summed E-state index contributed by atoms with van der Waals surface area (Å²) in [6, 6.07) is 56.8. The SMILES string of the molecule is Cc1ccc(N(c2ccc3cc4c(cc3c2)C(C)(C)c2cc3c(c(C)c2-4)C(C)(C)c2c-3cc(C)c3c2C(C)(C)c2c-3ccc3cc(N(c4ccc(C)cc4C)c4ccc(C)cc4C)ccc23)c2ccc(C)cc2C)c(C)c1. The average Bonchev–Trinajstić information content (AvgIpc) is 3.90. The summed E-state index contributed by atoms with van der Waals surface area (Å²) in [6.07, 6.45) is 0. The topological polar surface area (TPSA) is 6.48 Å². The lowest BCUT2D eigenvalue weighted by molar-refractivity contribution is 0.601. The monoisotopic (exact) mass is 1000 g/mol. The number of benzene rings is 10. The molecule has 0 N–H and O–H groups in total. The fourth-order valence-corrected chi connectivity index (χ4v) is 15.2. The van der Waals surface area contributed by atoms with Crippen LogP contribution in [0.4, 0.5) is 34.1 Å². The molecule has 2 nitrogen and oxygen atoms in total. The van der Waals surface area contributed by atoms with Gasteiger partial charge in [0.1, 0.15) is 0 Å². The number of rotatable bonds is 6. The van der Waals surface area contributed by atoms with Crippen molar-refractivity contribution in [2.45, 2.75) is 127 Å². The zero-order valence-electron chi connectivity index (χ0n) is 48.3. The first-order valence-corrected chi connectivity index (χ1v) is 28.0. The highest BCUT2D eigenvalue weighted by Crippen LogP contribution is 2.64. The van der Waals surface area contributed by atoms with Crippen LogP contribution >= 0.6 is 0 Å². The van der Waals surface area contributed by atoms with Crippen molar-refractivity contribution >= 4 is 55.7 Å². The third kappa shape index (κ3) is 6.99. The fourth-order valence-electron chi connectivity index (χ4n) is 15.2. The van der Waals surface area contributed by atoms with Crippen molar-refractivity contribution in [1.29, 1.82) is 0 Å². The minimum atomic E-state index is -0.242. The molecule has 0 atom stereocenters. The first kappa shape index (κ1) is 48.9. The predicted molar refractivity (Wildman–Crippen MR) is 331 cm³/mol. The molecule has 0 amide bonds. The van der Waals surface area contributed by atoms with E-state index in [0.29, 0.717) is 0 Å². The van der Waals surface area contributed by atoms with Gasteiger partial charge in [0.15, 0.2) is 0 Å². The Balaban J connectivity index is 0.923. The van der Waals surface area contributed by atoms with E-state index in [-0.39, 0.29) is 16.2 Å². The Kier molecular flexibility index (Phi) is 10.6. The van der Waals surface area contributed by atoms with E-state index in [0.717, 1.165) is 0 Å². The molecule has 0 fully saturated rings. The van der Waals surface area contributed by atoms with Gasteiger partial charge >= 0.3 is 0 Å². The van der Waals surface area contributed by atoms with E-state index in [4.69, 9.17) is 0 Å². The molecule has 0 unspecified atom stereocenters. The third-order valence-corrected chi connectivity index (χ3v) is 18.6. The summed E-state index contributed by atoms with van der Waals surface area (Å²) < 4.78 is 0. The Labute approximate surface area is 458 Å². The van der Waals surface area contributed by atoms with Gasteiger partial charge in [-0.15, -0.1) is 0 Å². The van der Waals surface area contributed by atoms with Gasteiger partial charge in [0.25, 0.3) is 0 Å². The zero-order chi connectivity index (χ0) is 54.1. The normalized spacial score (nSPS) is 14.8. The van der Waals surface area contributed by atoms with Gasteiger partial charge in [-0.1, -0.05) is 143 Å². The van der Waals surface area contributed by atoms with Crippen molar-refractivity contribution in [3.05, 3.63) is 235 Å². The van der Waals surface area contributed by atoms with Crippen molar-refractivity contribution in [1.82, 2.24) is 0 Å². The van der Waals surface area contributed by atoms with Crippen molar-refractivity contribution in [3.63, 3.8) is 0 Å². The highest BCUT2D eigenvalue weighted by Gasteiger charge is 2.49. The molecule has 10 aromatic carbocycles. The number of anilines is 6. The van der Waals surface area contributed by atoms with E-state index < -0.39 is 0 Å².